The Bertz CT molecular complexity index is 889. The van der Waals surface area contributed by atoms with Gasteiger partial charge in [0.1, 0.15) is 0 Å². The largest absolute Gasteiger partial charge is 0.396 e. The Morgan fingerprint density at radius 1 is 1.04 bits per heavy atom. The maximum Gasteiger partial charge on any atom is 0.0675 e. The van der Waals surface area contributed by atoms with E-state index in [0.29, 0.717) is 5.92 Å². The fraction of sp³-hybridized carbons (Fsp3) is 0.417. The van der Waals surface area contributed by atoms with E-state index < -0.39 is 0 Å². The van der Waals surface area contributed by atoms with Gasteiger partial charge in [-0.25, -0.2) is 0 Å². The van der Waals surface area contributed by atoms with Gasteiger partial charge in [0.25, 0.3) is 0 Å². The molecule has 2 N–H and O–H groups in total. The minimum atomic E-state index is -0.218. The number of hydrogen-bond donors (Lipinski definition) is 2. The molecule has 0 amide bonds. The van der Waals surface area contributed by atoms with Gasteiger partial charge in [0.05, 0.1) is 5.54 Å². The summed E-state index contributed by atoms with van der Waals surface area (Å²) >= 11 is 0. The van der Waals surface area contributed by atoms with E-state index in [4.69, 9.17) is 0 Å². The molecule has 2 bridgehead atoms. The van der Waals surface area contributed by atoms with Crippen molar-refractivity contribution >= 4 is 0 Å². The van der Waals surface area contributed by atoms with Crippen molar-refractivity contribution in [2.75, 3.05) is 6.61 Å². The van der Waals surface area contributed by atoms with Crippen LogP contribution in [0.25, 0.3) is 0 Å². The summed E-state index contributed by atoms with van der Waals surface area (Å²) in [6.45, 7) is 6.60. The maximum absolute atomic E-state index is 9.91. The predicted octanol–water partition coefficient (Wildman–Crippen LogP) is 4.37. The van der Waals surface area contributed by atoms with Crippen LogP contribution in [0.4, 0.5) is 0 Å². The fourth-order valence-electron chi connectivity index (χ4n) is 6.18. The summed E-state index contributed by atoms with van der Waals surface area (Å²) in [7, 11) is 0. The average Bonchev–Trinajstić information content (AvgIpc) is 3.26. The van der Waals surface area contributed by atoms with Crippen LogP contribution in [0.3, 0.4) is 0 Å². The molecule has 26 heavy (non-hydrogen) atoms. The lowest BCUT2D eigenvalue weighted by atomic mass is 9.76. The molecular formula is C24H27NO. The first kappa shape index (κ1) is 16.3. The molecule has 1 saturated carbocycles. The van der Waals surface area contributed by atoms with Gasteiger partial charge in [0.2, 0.25) is 0 Å². The Kier molecular flexibility index (Phi) is 3.33. The minimum absolute atomic E-state index is 0.138. The van der Waals surface area contributed by atoms with Crippen molar-refractivity contribution in [2.24, 2.45) is 5.92 Å². The zero-order valence-corrected chi connectivity index (χ0v) is 15.5. The van der Waals surface area contributed by atoms with Gasteiger partial charge < -0.3 is 5.11 Å². The first-order chi connectivity index (χ1) is 12.6. The van der Waals surface area contributed by atoms with E-state index in [-0.39, 0.29) is 23.1 Å². The Balaban J connectivity index is 1.81. The number of fused-ring (bicyclic) bond motifs is 9. The van der Waals surface area contributed by atoms with Crippen LogP contribution in [0.2, 0.25) is 0 Å². The van der Waals surface area contributed by atoms with Crippen LogP contribution < -0.4 is 5.32 Å². The molecule has 2 nitrogen and oxygen atoms in total. The normalized spacial score (nSPS) is 36.3. The van der Waals surface area contributed by atoms with Crippen molar-refractivity contribution in [2.45, 2.75) is 49.1 Å². The number of hydrogen-bond acceptors (Lipinski definition) is 2. The number of aliphatic hydroxyl groups is 1. The van der Waals surface area contributed by atoms with Crippen molar-refractivity contribution in [3.63, 3.8) is 0 Å². The van der Waals surface area contributed by atoms with Crippen LogP contribution >= 0.6 is 0 Å². The molecule has 134 valence electrons. The first-order valence-electron chi connectivity index (χ1n) is 9.81. The van der Waals surface area contributed by atoms with E-state index in [9.17, 15) is 5.11 Å². The second-order valence-electron chi connectivity index (χ2n) is 8.65. The SMILES string of the molecule is C=CC[C@@]12C[C@@H]1CC1(CCO)N[C@@](C)(c3ccccc31)c1ccccc12. The lowest BCUT2D eigenvalue weighted by molar-refractivity contribution is 0.174. The summed E-state index contributed by atoms with van der Waals surface area (Å²) in [4.78, 5) is 0. The number of benzene rings is 2. The van der Waals surface area contributed by atoms with Crippen LogP contribution in [0.5, 0.6) is 0 Å². The Morgan fingerprint density at radius 2 is 1.65 bits per heavy atom. The van der Waals surface area contributed by atoms with Gasteiger partial charge in [-0.3, -0.25) is 5.32 Å². The van der Waals surface area contributed by atoms with Gasteiger partial charge in [0, 0.05) is 17.6 Å². The molecule has 2 aliphatic heterocycles. The van der Waals surface area contributed by atoms with Crippen LogP contribution in [-0.4, -0.2) is 11.7 Å². The fourth-order valence-corrected chi connectivity index (χ4v) is 6.18. The second kappa shape index (κ2) is 5.31. The third-order valence-electron chi connectivity index (χ3n) is 7.35. The Hall–Kier alpha value is -1.90. The molecule has 5 rings (SSSR count). The summed E-state index contributed by atoms with van der Waals surface area (Å²) in [6.07, 6.45) is 6.21. The molecule has 2 heterocycles. The van der Waals surface area contributed by atoms with Crippen molar-refractivity contribution in [1.29, 1.82) is 0 Å². The molecule has 0 aromatic heterocycles. The van der Waals surface area contributed by atoms with Gasteiger partial charge in [-0.15, -0.1) is 6.58 Å². The average molecular weight is 345 g/mol. The van der Waals surface area contributed by atoms with Crippen LogP contribution in [0.1, 0.15) is 54.9 Å². The molecule has 1 aliphatic carbocycles. The number of aliphatic hydroxyl groups excluding tert-OH is 1. The van der Waals surface area contributed by atoms with Crippen LogP contribution in [-0.2, 0) is 16.5 Å². The van der Waals surface area contributed by atoms with Crippen LogP contribution in [0, 0.1) is 5.92 Å². The Morgan fingerprint density at radius 3 is 2.31 bits per heavy atom. The summed E-state index contributed by atoms with van der Waals surface area (Å²) < 4.78 is 0. The zero-order valence-electron chi connectivity index (χ0n) is 15.5. The monoisotopic (exact) mass is 345 g/mol. The maximum atomic E-state index is 9.91. The summed E-state index contributed by atoms with van der Waals surface area (Å²) in [5, 5.41) is 13.9. The lowest BCUT2D eigenvalue weighted by Gasteiger charge is -2.40. The van der Waals surface area contributed by atoms with Crippen molar-refractivity contribution < 1.29 is 5.11 Å². The molecule has 0 radical (unpaired) electrons. The minimum Gasteiger partial charge on any atom is -0.396 e. The zero-order chi connectivity index (χ0) is 18.0. The van der Waals surface area contributed by atoms with Gasteiger partial charge in [-0.05, 0) is 60.8 Å². The molecule has 4 atom stereocenters. The summed E-state index contributed by atoms with van der Waals surface area (Å²) in [5.74, 6) is 0.636. The highest BCUT2D eigenvalue weighted by atomic mass is 16.3. The van der Waals surface area contributed by atoms with Gasteiger partial charge in [0.15, 0.2) is 0 Å². The molecule has 2 heteroatoms. The lowest BCUT2D eigenvalue weighted by Crippen LogP contribution is -2.49. The first-order valence-corrected chi connectivity index (χ1v) is 9.81. The highest BCUT2D eigenvalue weighted by molar-refractivity contribution is 5.57. The number of nitrogens with one attached hydrogen (secondary N) is 1. The quantitative estimate of drug-likeness (QED) is 0.807. The number of allylic oxidation sites excluding steroid dienone is 1. The predicted molar refractivity (Wildman–Crippen MR) is 105 cm³/mol. The summed E-state index contributed by atoms with van der Waals surface area (Å²) in [5.41, 5.74) is 5.52. The van der Waals surface area contributed by atoms with Crippen molar-refractivity contribution in [3.8, 4) is 0 Å². The molecule has 3 aliphatic rings. The van der Waals surface area contributed by atoms with Gasteiger partial charge >= 0.3 is 0 Å². The molecule has 1 unspecified atom stereocenters. The molecule has 0 spiro atoms. The molecule has 2 aromatic carbocycles. The van der Waals surface area contributed by atoms with Gasteiger partial charge in [-0.2, -0.15) is 0 Å². The van der Waals surface area contributed by atoms with E-state index in [0.717, 1.165) is 19.3 Å². The van der Waals surface area contributed by atoms with E-state index in [1.807, 2.05) is 0 Å². The van der Waals surface area contributed by atoms with E-state index in [1.165, 1.54) is 28.7 Å². The van der Waals surface area contributed by atoms with E-state index in [2.05, 4.69) is 73.4 Å². The third-order valence-corrected chi connectivity index (χ3v) is 7.35. The standard InChI is InChI=1S/C24H27NO/c1-3-12-23-15-17(23)16-24(13-14-26)21-11-7-5-9-19(21)22(2,25-24)18-8-4-6-10-20(18)23/h3-11,17,25-26H,1,12-16H2,2H3/t17-,22-,23-,24?/m1/s1. The molecule has 0 saturated heterocycles. The second-order valence-corrected chi connectivity index (χ2v) is 8.65. The van der Waals surface area contributed by atoms with Gasteiger partial charge in [-0.1, -0.05) is 54.6 Å². The molecular weight excluding hydrogens is 318 g/mol. The smallest absolute Gasteiger partial charge is 0.0675 e. The Labute approximate surface area is 156 Å². The van der Waals surface area contributed by atoms with Crippen molar-refractivity contribution in [1.82, 2.24) is 5.32 Å². The number of rotatable bonds is 4. The van der Waals surface area contributed by atoms with E-state index in [1.54, 1.807) is 0 Å². The highest BCUT2D eigenvalue weighted by Crippen LogP contribution is 2.66. The molecule has 1 fully saturated rings. The highest BCUT2D eigenvalue weighted by Gasteiger charge is 2.63. The third kappa shape index (κ3) is 1.89. The topological polar surface area (TPSA) is 32.3 Å². The summed E-state index contributed by atoms with van der Waals surface area (Å²) in [6, 6.07) is 17.8. The van der Waals surface area contributed by atoms with Crippen LogP contribution in [0.15, 0.2) is 61.2 Å². The van der Waals surface area contributed by atoms with Crippen molar-refractivity contribution in [3.05, 3.63) is 83.4 Å². The molecule has 2 aromatic rings. The van der Waals surface area contributed by atoms with E-state index >= 15 is 0 Å².